The van der Waals surface area contributed by atoms with Gasteiger partial charge in [-0.05, 0) is 54.4 Å². The molecule has 2 aromatic carbocycles. The molecule has 0 spiro atoms. The minimum Gasteiger partial charge on any atom is -0.398 e. The van der Waals surface area contributed by atoms with Gasteiger partial charge in [0.1, 0.15) is 10.6 Å². The fourth-order valence-electron chi connectivity index (χ4n) is 2.22. The zero-order valence-corrected chi connectivity index (χ0v) is 17.0. The van der Waals surface area contributed by atoms with Crippen LogP contribution in [0, 0.1) is 6.92 Å². The first-order valence-electron chi connectivity index (χ1n) is 7.85. The van der Waals surface area contributed by atoms with E-state index in [9.17, 15) is 13.0 Å². The van der Waals surface area contributed by atoms with E-state index in [1.807, 2.05) is 19.1 Å². The Morgan fingerprint density at radius 1 is 1.03 bits per heavy atom. The number of benzene rings is 2. The van der Waals surface area contributed by atoms with E-state index in [4.69, 9.17) is 28.9 Å². The van der Waals surface area contributed by atoms with Crippen molar-refractivity contribution in [2.24, 2.45) is 10.2 Å². The monoisotopic (exact) mass is 453 g/mol. The molecule has 0 atom stereocenters. The van der Waals surface area contributed by atoms with Crippen molar-refractivity contribution in [3.05, 3.63) is 52.5 Å². The van der Waals surface area contributed by atoms with E-state index in [-0.39, 0.29) is 33.6 Å². The van der Waals surface area contributed by atoms with Gasteiger partial charge >= 0.3 is 0 Å². The number of rotatable bonds is 5. The topological polar surface area (TPSA) is 156 Å². The molecule has 0 bridgehead atoms. The van der Waals surface area contributed by atoms with Crippen LogP contribution in [0.5, 0.6) is 0 Å². The summed E-state index contributed by atoms with van der Waals surface area (Å²) in [5, 5.41) is 10.6. The number of hydrogen-bond donors (Lipinski definition) is 3. The number of nitrogens with two attached hydrogens (primary N) is 1. The van der Waals surface area contributed by atoms with Crippen LogP contribution in [0.15, 0.2) is 51.5 Å². The maximum Gasteiger partial charge on any atom is 0.296 e. The van der Waals surface area contributed by atoms with E-state index in [1.165, 1.54) is 6.07 Å². The minimum absolute atomic E-state index is 0.0270. The molecule has 3 aromatic rings. The highest BCUT2D eigenvalue weighted by molar-refractivity contribution is 7.86. The smallest absolute Gasteiger partial charge is 0.296 e. The van der Waals surface area contributed by atoms with Crippen LogP contribution in [-0.2, 0) is 10.1 Å². The molecular formula is C16H13Cl2N7O3S. The second-order valence-electron chi connectivity index (χ2n) is 5.74. The molecule has 13 heteroatoms. The lowest BCUT2D eigenvalue weighted by molar-refractivity contribution is 0.483. The van der Waals surface area contributed by atoms with E-state index >= 15 is 0 Å². The molecule has 10 nitrogen and oxygen atoms in total. The Morgan fingerprint density at radius 3 is 2.24 bits per heavy atom. The van der Waals surface area contributed by atoms with Crippen molar-refractivity contribution >= 4 is 62.0 Å². The summed E-state index contributed by atoms with van der Waals surface area (Å²) in [4.78, 5) is 10.8. The summed E-state index contributed by atoms with van der Waals surface area (Å²) in [5.74, 6) is -0.0270. The van der Waals surface area contributed by atoms with Gasteiger partial charge in [0, 0.05) is 0 Å². The summed E-state index contributed by atoms with van der Waals surface area (Å²) in [6, 6.07) is 9.45. The molecular weight excluding hydrogens is 441 g/mol. The van der Waals surface area contributed by atoms with Crippen molar-refractivity contribution < 1.29 is 13.0 Å². The Balaban J connectivity index is 2.08. The van der Waals surface area contributed by atoms with Crippen molar-refractivity contribution in [3.8, 4) is 0 Å². The van der Waals surface area contributed by atoms with Crippen molar-refractivity contribution in [1.29, 1.82) is 0 Å². The zero-order chi connectivity index (χ0) is 21.2. The van der Waals surface area contributed by atoms with Gasteiger partial charge in [-0.1, -0.05) is 17.7 Å². The van der Waals surface area contributed by atoms with Crippen LogP contribution in [0.3, 0.4) is 0 Å². The lowest BCUT2D eigenvalue weighted by Crippen LogP contribution is -2.05. The molecule has 0 aliphatic heterocycles. The van der Waals surface area contributed by atoms with Crippen LogP contribution >= 0.6 is 23.2 Å². The van der Waals surface area contributed by atoms with E-state index in [2.05, 4.69) is 30.5 Å². The van der Waals surface area contributed by atoms with Crippen LogP contribution in [0.2, 0.25) is 10.6 Å². The van der Waals surface area contributed by atoms with Gasteiger partial charge in [-0.25, -0.2) is 0 Å². The second-order valence-corrected chi connectivity index (χ2v) is 7.81. The molecule has 0 aliphatic carbocycles. The molecule has 4 N–H and O–H groups in total. The first-order valence-corrected chi connectivity index (χ1v) is 10.0. The molecule has 0 fully saturated rings. The highest BCUT2D eigenvalue weighted by Gasteiger charge is 2.18. The molecule has 1 aromatic heterocycles. The lowest BCUT2D eigenvalue weighted by atomic mass is 10.2. The van der Waals surface area contributed by atoms with Gasteiger partial charge in [0.2, 0.25) is 16.5 Å². The number of aryl methyl sites for hydroxylation is 1. The first kappa shape index (κ1) is 20.9. The third-order valence-electron chi connectivity index (χ3n) is 3.54. The largest absolute Gasteiger partial charge is 0.398 e. The number of nitrogen functional groups attached to an aromatic ring is 1. The number of nitrogens with zero attached hydrogens (tertiary/aromatic N) is 5. The van der Waals surface area contributed by atoms with Crippen LogP contribution in [-0.4, -0.2) is 27.9 Å². The molecule has 0 amide bonds. The summed E-state index contributed by atoms with van der Waals surface area (Å²) in [6.45, 7) is 1.92. The average molecular weight is 454 g/mol. The third kappa shape index (κ3) is 5.35. The molecule has 0 unspecified atom stereocenters. The van der Waals surface area contributed by atoms with Crippen molar-refractivity contribution in [2.75, 3.05) is 11.1 Å². The van der Waals surface area contributed by atoms with E-state index in [0.29, 0.717) is 5.69 Å². The standard InChI is InChI=1S/C16H13Cl2N7O3S/c1-8-2-4-9(5-3-8)24-25-12-7-13(29(26,27)28)10(19)6-11(12)20-16-22-14(17)21-15(18)23-16/h2-7H,19H2,1H3,(H,26,27,28)(H,20,21,22,23). The summed E-state index contributed by atoms with van der Waals surface area (Å²) >= 11 is 11.5. The van der Waals surface area contributed by atoms with Crippen molar-refractivity contribution in [3.63, 3.8) is 0 Å². The Hall–Kier alpha value is -2.86. The minimum atomic E-state index is -4.59. The average Bonchev–Trinajstić information content (AvgIpc) is 2.60. The molecule has 0 radical (unpaired) electrons. The van der Waals surface area contributed by atoms with E-state index in [1.54, 1.807) is 12.1 Å². The number of nitrogens with one attached hydrogen (secondary N) is 1. The molecule has 1 heterocycles. The normalized spacial score (nSPS) is 11.7. The quantitative estimate of drug-likeness (QED) is 0.290. The van der Waals surface area contributed by atoms with Crippen LogP contribution < -0.4 is 11.1 Å². The molecule has 0 saturated heterocycles. The number of azo groups is 1. The predicted molar refractivity (Wildman–Crippen MR) is 109 cm³/mol. The van der Waals surface area contributed by atoms with Gasteiger partial charge in [-0.15, -0.1) is 5.11 Å². The number of hydrogen-bond acceptors (Lipinski definition) is 9. The Kier molecular flexibility index (Phi) is 5.94. The van der Waals surface area contributed by atoms with Crippen LogP contribution in [0.4, 0.5) is 28.7 Å². The van der Waals surface area contributed by atoms with Gasteiger partial charge < -0.3 is 11.1 Å². The van der Waals surface area contributed by atoms with E-state index in [0.717, 1.165) is 11.6 Å². The number of anilines is 3. The Morgan fingerprint density at radius 2 is 1.66 bits per heavy atom. The fraction of sp³-hybridized carbons (Fsp3) is 0.0625. The lowest BCUT2D eigenvalue weighted by Gasteiger charge is -2.11. The van der Waals surface area contributed by atoms with Crippen LogP contribution in [0.25, 0.3) is 0 Å². The zero-order valence-electron chi connectivity index (χ0n) is 14.7. The van der Waals surface area contributed by atoms with Crippen LogP contribution in [0.1, 0.15) is 5.56 Å². The number of halogens is 2. The predicted octanol–water partition coefficient (Wildman–Crippen LogP) is 4.47. The second kappa shape index (κ2) is 8.25. The van der Waals surface area contributed by atoms with Crippen molar-refractivity contribution in [2.45, 2.75) is 11.8 Å². The Labute approximate surface area is 175 Å². The highest BCUT2D eigenvalue weighted by Crippen LogP contribution is 2.35. The molecule has 0 aliphatic rings. The fourth-order valence-corrected chi connectivity index (χ4v) is 3.20. The highest BCUT2D eigenvalue weighted by atomic mass is 35.5. The Bertz CT molecular complexity index is 1180. The molecule has 150 valence electrons. The third-order valence-corrected chi connectivity index (χ3v) is 4.79. The van der Waals surface area contributed by atoms with Gasteiger partial charge in [0.05, 0.1) is 17.1 Å². The molecule has 3 rings (SSSR count). The maximum atomic E-state index is 11.6. The molecule has 29 heavy (non-hydrogen) atoms. The summed E-state index contributed by atoms with van der Waals surface area (Å²) in [7, 11) is -4.59. The summed E-state index contributed by atoms with van der Waals surface area (Å²) < 4.78 is 32.6. The summed E-state index contributed by atoms with van der Waals surface area (Å²) in [6.07, 6.45) is 0. The molecule has 0 saturated carbocycles. The van der Waals surface area contributed by atoms with E-state index < -0.39 is 15.0 Å². The summed E-state index contributed by atoms with van der Waals surface area (Å²) in [5.41, 5.74) is 7.33. The maximum absolute atomic E-state index is 11.6. The van der Waals surface area contributed by atoms with Crippen molar-refractivity contribution in [1.82, 2.24) is 15.0 Å². The van der Waals surface area contributed by atoms with Gasteiger partial charge in [-0.2, -0.15) is 28.5 Å². The number of aromatic nitrogens is 3. The SMILES string of the molecule is Cc1ccc(N=Nc2cc(S(=O)(=O)O)c(N)cc2Nc2nc(Cl)nc(Cl)n2)cc1. The van der Waals surface area contributed by atoms with Gasteiger partial charge in [-0.3, -0.25) is 4.55 Å². The van der Waals surface area contributed by atoms with Gasteiger partial charge in [0.15, 0.2) is 0 Å². The first-order chi connectivity index (χ1) is 13.6. The van der Waals surface area contributed by atoms with Gasteiger partial charge in [0.25, 0.3) is 10.1 Å².